The minimum atomic E-state index is 0.417. The van der Waals surface area contributed by atoms with E-state index in [1.165, 1.54) is 6.42 Å². The molecule has 0 saturated heterocycles. The van der Waals surface area contributed by atoms with Crippen molar-refractivity contribution in [3.63, 3.8) is 0 Å². The SMILES string of the molecule is [C]NC(CC)CCC. The Hall–Kier alpha value is -0.0400. The maximum atomic E-state index is 6.81. The second-order valence-corrected chi connectivity index (χ2v) is 2.04. The quantitative estimate of drug-likeness (QED) is 0.583. The van der Waals surface area contributed by atoms with Gasteiger partial charge >= 0.3 is 0 Å². The van der Waals surface area contributed by atoms with Gasteiger partial charge in [-0.1, -0.05) is 20.3 Å². The monoisotopic (exact) mass is 112 g/mol. The van der Waals surface area contributed by atoms with Crippen LogP contribution in [0.5, 0.6) is 0 Å². The van der Waals surface area contributed by atoms with Gasteiger partial charge in [0.15, 0.2) is 0 Å². The number of nitrogens with one attached hydrogen (secondary N) is 1. The van der Waals surface area contributed by atoms with Crippen LogP contribution in [0.1, 0.15) is 33.1 Å². The summed E-state index contributed by atoms with van der Waals surface area (Å²) in [7, 11) is 6.81. The Morgan fingerprint density at radius 1 is 1.50 bits per heavy atom. The Bertz CT molecular complexity index is 39.7. The highest BCUT2D eigenvalue weighted by atomic mass is 14.9. The number of hydrogen-bond donors (Lipinski definition) is 1. The molecule has 1 N–H and O–H groups in total. The van der Waals surface area contributed by atoms with Crippen molar-refractivity contribution in [2.45, 2.75) is 39.2 Å². The Morgan fingerprint density at radius 3 is 2.25 bits per heavy atom. The van der Waals surface area contributed by atoms with Crippen molar-refractivity contribution in [3.05, 3.63) is 7.05 Å². The molecule has 0 aromatic heterocycles. The van der Waals surface area contributed by atoms with E-state index >= 15 is 0 Å². The van der Waals surface area contributed by atoms with Gasteiger partial charge in [0, 0.05) is 6.04 Å². The Morgan fingerprint density at radius 2 is 2.12 bits per heavy atom. The minimum Gasteiger partial charge on any atom is -0.303 e. The van der Waals surface area contributed by atoms with E-state index in [0.717, 1.165) is 12.8 Å². The van der Waals surface area contributed by atoms with Crippen LogP contribution in [0, 0.1) is 7.05 Å². The van der Waals surface area contributed by atoms with Crippen molar-refractivity contribution in [1.29, 1.82) is 0 Å². The van der Waals surface area contributed by atoms with E-state index in [4.69, 9.17) is 7.05 Å². The van der Waals surface area contributed by atoms with Gasteiger partial charge in [0.05, 0.1) is 7.05 Å². The van der Waals surface area contributed by atoms with Crippen LogP contribution in [-0.2, 0) is 0 Å². The lowest BCUT2D eigenvalue weighted by Crippen LogP contribution is -2.21. The predicted octanol–water partition coefficient (Wildman–Crippen LogP) is 1.70. The molecule has 0 rings (SSSR count). The van der Waals surface area contributed by atoms with Crippen LogP contribution in [0.4, 0.5) is 0 Å². The second kappa shape index (κ2) is 5.10. The van der Waals surface area contributed by atoms with E-state index in [2.05, 4.69) is 19.2 Å². The van der Waals surface area contributed by atoms with Crippen LogP contribution in [0.15, 0.2) is 0 Å². The first kappa shape index (κ1) is 7.96. The average molecular weight is 112 g/mol. The number of rotatable bonds is 4. The van der Waals surface area contributed by atoms with Crippen LogP contribution in [0.2, 0.25) is 0 Å². The summed E-state index contributed by atoms with van der Waals surface area (Å²) in [4.78, 5) is 0. The van der Waals surface area contributed by atoms with Crippen molar-refractivity contribution in [2.24, 2.45) is 0 Å². The Kier molecular flexibility index (Phi) is 5.08. The maximum Gasteiger partial charge on any atom is 0.0853 e. The van der Waals surface area contributed by atoms with Gasteiger partial charge in [-0.3, -0.25) is 0 Å². The van der Waals surface area contributed by atoms with E-state index in [-0.39, 0.29) is 0 Å². The highest BCUT2D eigenvalue weighted by Crippen LogP contribution is 1.98. The molecule has 0 aromatic rings. The molecule has 0 aliphatic rings. The van der Waals surface area contributed by atoms with Crippen LogP contribution >= 0.6 is 0 Å². The van der Waals surface area contributed by atoms with E-state index in [9.17, 15) is 0 Å². The first-order valence-corrected chi connectivity index (χ1v) is 3.27. The van der Waals surface area contributed by atoms with Crippen LogP contribution < -0.4 is 5.32 Å². The van der Waals surface area contributed by atoms with Crippen molar-refractivity contribution in [1.82, 2.24) is 5.32 Å². The molecule has 3 radical (unpaired) electrons. The summed E-state index contributed by atoms with van der Waals surface area (Å²) in [5.41, 5.74) is 0. The molecule has 8 heavy (non-hydrogen) atoms. The fraction of sp³-hybridized carbons (Fsp3) is 0.857. The summed E-state index contributed by atoms with van der Waals surface area (Å²) in [6.45, 7) is 4.24. The summed E-state index contributed by atoms with van der Waals surface area (Å²) in [6.07, 6.45) is 3.36. The molecule has 1 unspecified atom stereocenters. The van der Waals surface area contributed by atoms with Gasteiger partial charge in [-0.15, -0.1) is 0 Å². The van der Waals surface area contributed by atoms with Gasteiger partial charge < -0.3 is 5.32 Å². The fourth-order valence-corrected chi connectivity index (χ4v) is 0.727. The van der Waals surface area contributed by atoms with Gasteiger partial charge in [-0.05, 0) is 12.8 Å². The lowest BCUT2D eigenvalue weighted by Gasteiger charge is -2.09. The van der Waals surface area contributed by atoms with Crippen molar-refractivity contribution < 1.29 is 0 Å². The van der Waals surface area contributed by atoms with Gasteiger partial charge in [0.1, 0.15) is 0 Å². The van der Waals surface area contributed by atoms with Crippen molar-refractivity contribution in [3.8, 4) is 0 Å². The normalized spacial score (nSPS) is 13.9. The molecule has 0 bridgehead atoms. The molecule has 0 heterocycles. The summed E-state index contributed by atoms with van der Waals surface area (Å²) in [5.74, 6) is 0. The molecule has 0 aliphatic carbocycles. The smallest absolute Gasteiger partial charge is 0.0853 e. The van der Waals surface area contributed by atoms with Crippen LogP contribution in [0.25, 0.3) is 0 Å². The summed E-state index contributed by atoms with van der Waals surface area (Å²) < 4.78 is 0. The highest BCUT2D eigenvalue weighted by molar-refractivity contribution is 4.61. The molecular weight excluding hydrogens is 98.1 g/mol. The zero-order valence-corrected chi connectivity index (χ0v) is 5.70. The van der Waals surface area contributed by atoms with Gasteiger partial charge in [-0.2, -0.15) is 0 Å². The molecule has 0 fully saturated rings. The standard InChI is InChI=1S/C7H14N/c1-4-6-7(5-2)8-3/h7-8H,4-6H2,1-2H3. The molecule has 0 amide bonds. The first-order valence-electron chi connectivity index (χ1n) is 3.27. The molecule has 1 heteroatoms. The lowest BCUT2D eigenvalue weighted by molar-refractivity contribution is 0.518. The highest BCUT2D eigenvalue weighted by Gasteiger charge is 1.98. The third-order valence-corrected chi connectivity index (χ3v) is 1.33. The molecule has 1 atom stereocenters. The van der Waals surface area contributed by atoms with Gasteiger partial charge in [-0.25, -0.2) is 0 Å². The van der Waals surface area contributed by atoms with Crippen molar-refractivity contribution in [2.75, 3.05) is 0 Å². The third-order valence-electron chi connectivity index (χ3n) is 1.33. The third kappa shape index (κ3) is 3.03. The minimum absolute atomic E-state index is 0.417. The first-order chi connectivity index (χ1) is 3.85. The number of hydrogen-bond acceptors (Lipinski definition) is 1. The van der Waals surface area contributed by atoms with E-state index in [1.807, 2.05) is 0 Å². The topological polar surface area (TPSA) is 12.0 Å². The predicted molar refractivity (Wildman–Crippen MR) is 35.4 cm³/mol. The Labute approximate surface area is 52.5 Å². The molecule has 1 nitrogen and oxygen atoms in total. The zero-order chi connectivity index (χ0) is 6.41. The molecule has 0 saturated carbocycles. The van der Waals surface area contributed by atoms with E-state index in [0.29, 0.717) is 6.04 Å². The van der Waals surface area contributed by atoms with Gasteiger partial charge in [0.25, 0.3) is 0 Å². The molecule has 0 spiro atoms. The second-order valence-electron chi connectivity index (χ2n) is 2.04. The maximum absolute atomic E-state index is 6.81. The van der Waals surface area contributed by atoms with Crippen molar-refractivity contribution >= 4 is 0 Å². The zero-order valence-electron chi connectivity index (χ0n) is 5.70. The summed E-state index contributed by atoms with van der Waals surface area (Å²) in [5, 5.41) is 2.50. The summed E-state index contributed by atoms with van der Waals surface area (Å²) >= 11 is 0. The average Bonchev–Trinajstić information content (AvgIpc) is 1.83. The molecule has 0 aliphatic heterocycles. The van der Waals surface area contributed by atoms with Crippen LogP contribution in [-0.4, -0.2) is 6.04 Å². The van der Waals surface area contributed by atoms with Crippen LogP contribution in [0.3, 0.4) is 0 Å². The largest absolute Gasteiger partial charge is 0.303 e. The Balaban J connectivity index is 3.07. The summed E-state index contributed by atoms with van der Waals surface area (Å²) in [6, 6.07) is 0.417. The van der Waals surface area contributed by atoms with E-state index < -0.39 is 0 Å². The lowest BCUT2D eigenvalue weighted by atomic mass is 10.1. The molecule has 47 valence electrons. The molecular formula is C7H14N. The fourth-order valence-electron chi connectivity index (χ4n) is 0.727. The van der Waals surface area contributed by atoms with E-state index in [1.54, 1.807) is 0 Å². The van der Waals surface area contributed by atoms with Gasteiger partial charge in [0.2, 0.25) is 0 Å². The molecule has 0 aromatic carbocycles.